The number of rotatable bonds is 5. The molecule has 0 unspecified atom stereocenters. The number of nitrogens with zero attached hydrogens (tertiary/aromatic N) is 5. The van der Waals surface area contributed by atoms with Crippen LogP contribution in [0.15, 0.2) is 71.3 Å². The van der Waals surface area contributed by atoms with Crippen molar-refractivity contribution in [3.8, 4) is 11.3 Å². The molecule has 8 nitrogen and oxygen atoms in total. The van der Waals surface area contributed by atoms with Crippen LogP contribution in [-0.4, -0.2) is 52.2 Å². The van der Waals surface area contributed by atoms with Gasteiger partial charge in [-0.15, -0.1) is 0 Å². The van der Waals surface area contributed by atoms with Crippen LogP contribution in [0.1, 0.15) is 25.6 Å². The van der Waals surface area contributed by atoms with E-state index in [-0.39, 0.29) is 6.03 Å². The third-order valence-electron chi connectivity index (χ3n) is 7.04. The molecule has 1 fully saturated rings. The average Bonchev–Trinajstić information content (AvgIpc) is 3.22. The first-order valence-electron chi connectivity index (χ1n) is 13.3. The molecule has 39 heavy (non-hydrogen) atoms. The minimum atomic E-state index is -0.125. The first-order valence-corrected chi connectivity index (χ1v) is 13.7. The zero-order valence-electron chi connectivity index (χ0n) is 21.7. The number of anilines is 2. The number of carbonyl (C=O) groups excluding carboxylic acids is 1. The summed E-state index contributed by atoms with van der Waals surface area (Å²) in [4.78, 5) is 26.8. The molecule has 198 valence electrons. The highest BCUT2D eigenvalue weighted by atomic mass is 35.5. The fourth-order valence-electron chi connectivity index (χ4n) is 5.05. The second-order valence-electron chi connectivity index (χ2n) is 9.75. The number of fused-ring (bicyclic) bond motifs is 2. The quantitative estimate of drug-likeness (QED) is 0.264. The molecule has 0 aliphatic carbocycles. The van der Waals surface area contributed by atoms with Crippen LogP contribution < -0.4 is 10.2 Å². The molecule has 0 radical (unpaired) electrons. The molecular formula is C30H29ClN6O2. The Morgan fingerprint density at radius 2 is 1.79 bits per heavy atom. The second kappa shape index (κ2) is 10.9. The Morgan fingerprint density at radius 3 is 2.62 bits per heavy atom. The molecule has 0 saturated carbocycles. The summed E-state index contributed by atoms with van der Waals surface area (Å²) in [5, 5.41) is 11.2. The molecule has 0 atom stereocenters. The Labute approximate surface area is 231 Å². The summed E-state index contributed by atoms with van der Waals surface area (Å²) in [6.45, 7) is 4.70. The second-order valence-corrected chi connectivity index (χ2v) is 10.2. The number of benzene rings is 3. The van der Waals surface area contributed by atoms with Crippen molar-refractivity contribution in [3.05, 3.63) is 77.6 Å². The molecule has 1 aliphatic rings. The van der Waals surface area contributed by atoms with Crippen LogP contribution in [0.4, 0.5) is 16.3 Å². The summed E-state index contributed by atoms with van der Waals surface area (Å²) < 4.78 is 5.79. The van der Waals surface area contributed by atoms with Gasteiger partial charge in [0.05, 0.1) is 0 Å². The van der Waals surface area contributed by atoms with Crippen LogP contribution in [-0.2, 0) is 6.42 Å². The molecule has 1 aliphatic heterocycles. The number of halogens is 1. The Kier molecular flexibility index (Phi) is 7.02. The van der Waals surface area contributed by atoms with E-state index in [1.165, 1.54) is 5.39 Å². The summed E-state index contributed by atoms with van der Waals surface area (Å²) in [7, 11) is 0. The standard InChI is InChI=1S/C30H29ClN6O2/c1-2-6-25-33-28(36-15-5-16-37(18-17-36)30(38)32-24-13-11-23(31)12-14-24)26-27(35-39-29(26)34-25)22-10-9-20-7-3-4-8-21(20)19-22/h3-4,7-14,19H,2,5-6,15-18H2,1H3,(H,32,38). The molecule has 3 heterocycles. The number of nitrogens with one attached hydrogen (secondary N) is 1. The van der Waals surface area contributed by atoms with Crippen molar-refractivity contribution in [2.75, 3.05) is 36.4 Å². The van der Waals surface area contributed by atoms with Crippen LogP contribution in [0.5, 0.6) is 0 Å². The molecule has 9 heteroatoms. The van der Waals surface area contributed by atoms with Gasteiger partial charge < -0.3 is 19.6 Å². The van der Waals surface area contributed by atoms with E-state index in [0.717, 1.165) is 65.2 Å². The van der Waals surface area contributed by atoms with E-state index in [4.69, 9.17) is 26.1 Å². The summed E-state index contributed by atoms with van der Waals surface area (Å²) >= 11 is 5.98. The predicted molar refractivity (Wildman–Crippen MR) is 155 cm³/mol. The Balaban J connectivity index is 1.31. The third-order valence-corrected chi connectivity index (χ3v) is 7.29. The summed E-state index contributed by atoms with van der Waals surface area (Å²) in [5.74, 6) is 1.55. The predicted octanol–water partition coefficient (Wildman–Crippen LogP) is 6.79. The zero-order chi connectivity index (χ0) is 26.8. The maximum absolute atomic E-state index is 13.0. The molecule has 0 spiro atoms. The number of urea groups is 1. The normalized spacial score (nSPS) is 14.1. The number of aromatic nitrogens is 3. The van der Waals surface area contributed by atoms with Gasteiger partial charge in [-0.2, -0.15) is 4.98 Å². The van der Waals surface area contributed by atoms with E-state index < -0.39 is 0 Å². The van der Waals surface area contributed by atoms with Crippen molar-refractivity contribution >= 4 is 51.0 Å². The first-order chi connectivity index (χ1) is 19.1. The van der Waals surface area contributed by atoms with Gasteiger partial charge in [-0.1, -0.05) is 60.1 Å². The molecule has 5 aromatic rings. The van der Waals surface area contributed by atoms with E-state index in [9.17, 15) is 4.79 Å². The van der Waals surface area contributed by atoms with Gasteiger partial charge >= 0.3 is 6.03 Å². The van der Waals surface area contributed by atoms with Gasteiger partial charge in [-0.3, -0.25) is 0 Å². The van der Waals surface area contributed by atoms with Gasteiger partial charge in [0.1, 0.15) is 22.7 Å². The van der Waals surface area contributed by atoms with Crippen LogP contribution in [0, 0.1) is 0 Å². The van der Waals surface area contributed by atoms with Crippen molar-refractivity contribution < 1.29 is 9.32 Å². The van der Waals surface area contributed by atoms with Crippen molar-refractivity contribution in [2.45, 2.75) is 26.2 Å². The Morgan fingerprint density at radius 1 is 0.974 bits per heavy atom. The van der Waals surface area contributed by atoms with Crippen molar-refractivity contribution in [1.82, 2.24) is 20.0 Å². The van der Waals surface area contributed by atoms with Gasteiger partial charge in [0.25, 0.3) is 5.71 Å². The van der Waals surface area contributed by atoms with E-state index >= 15 is 0 Å². The molecule has 3 aromatic carbocycles. The molecular weight excluding hydrogens is 512 g/mol. The van der Waals surface area contributed by atoms with Crippen molar-refractivity contribution in [2.24, 2.45) is 0 Å². The molecule has 6 rings (SSSR count). The number of hydrogen-bond acceptors (Lipinski definition) is 6. The highest BCUT2D eigenvalue weighted by molar-refractivity contribution is 6.30. The summed E-state index contributed by atoms with van der Waals surface area (Å²) in [5.41, 5.74) is 2.90. The maximum atomic E-state index is 13.0. The van der Waals surface area contributed by atoms with E-state index in [1.807, 2.05) is 17.0 Å². The number of hydrogen-bond donors (Lipinski definition) is 1. The van der Waals surface area contributed by atoms with Crippen LogP contribution >= 0.6 is 11.6 Å². The monoisotopic (exact) mass is 540 g/mol. The molecule has 1 N–H and O–H groups in total. The Hall–Kier alpha value is -4.17. The molecule has 1 saturated heterocycles. The van der Waals surface area contributed by atoms with E-state index in [2.05, 4.69) is 52.6 Å². The van der Waals surface area contributed by atoms with Crippen molar-refractivity contribution in [3.63, 3.8) is 0 Å². The van der Waals surface area contributed by atoms with Crippen LogP contribution in [0.3, 0.4) is 0 Å². The average molecular weight is 541 g/mol. The smallest absolute Gasteiger partial charge is 0.321 e. The lowest BCUT2D eigenvalue weighted by Crippen LogP contribution is -2.38. The molecule has 2 aromatic heterocycles. The highest BCUT2D eigenvalue weighted by Crippen LogP contribution is 2.35. The van der Waals surface area contributed by atoms with Gasteiger partial charge in [0, 0.05) is 48.9 Å². The van der Waals surface area contributed by atoms with E-state index in [1.54, 1.807) is 24.3 Å². The fourth-order valence-corrected chi connectivity index (χ4v) is 5.17. The van der Waals surface area contributed by atoms with Gasteiger partial charge in [-0.25, -0.2) is 9.78 Å². The summed E-state index contributed by atoms with van der Waals surface area (Å²) in [6.07, 6.45) is 2.48. The number of amides is 2. The Bertz CT molecular complexity index is 1630. The first kappa shape index (κ1) is 25.1. The maximum Gasteiger partial charge on any atom is 0.321 e. The molecule has 0 bridgehead atoms. The van der Waals surface area contributed by atoms with Crippen LogP contribution in [0.25, 0.3) is 33.1 Å². The zero-order valence-corrected chi connectivity index (χ0v) is 22.5. The van der Waals surface area contributed by atoms with Crippen LogP contribution in [0.2, 0.25) is 5.02 Å². The largest absolute Gasteiger partial charge is 0.354 e. The lowest BCUT2D eigenvalue weighted by Gasteiger charge is -2.24. The van der Waals surface area contributed by atoms with Gasteiger partial charge in [0.2, 0.25) is 0 Å². The van der Waals surface area contributed by atoms with Gasteiger partial charge in [-0.05, 0) is 53.9 Å². The number of aryl methyl sites for hydroxylation is 1. The van der Waals surface area contributed by atoms with E-state index in [0.29, 0.717) is 30.4 Å². The summed E-state index contributed by atoms with van der Waals surface area (Å²) in [6, 6.07) is 21.6. The SMILES string of the molecule is CCCc1nc(N2CCCN(C(=O)Nc3ccc(Cl)cc3)CC2)c2c(-c3ccc4ccccc4c3)noc2n1. The minimum absolute atomic E-state index is 0.125. The van der Waals surface area contributed by atoms with Gasteiger partial charge in [0.15, 0.2) is 0 Å². The number of carbonyl (C=O) groups is 1. The third kappa shape index (κ3) is 5.25. The lowest BCUT2D eigenvalue weighted by molar-refractivity contribution is 0.215. The lowest BCUT2D eigenvalue weighted by atomic mass is 10.0. The highest BCUT2D eigenvalue weighted by Gasteiger charge is 2.26. The fraction of sp³-hybridized carbons (Fsp3) is 0.267. The van der Waals surface area contributed by atoms with Crippen molar-refractivity contribution in [1.29, 1.82) is 0 Å². The molecule has 2 amide bonds. The topological polar surface area (TPSA) is 87.4 Å². The minimum Gasteiger partial charge on any atom is -0.354 e.